The standard InChI is InChI=1S/C32H32N4O5/c1-32(2)31(38)36(3)29-24(19-34-25-8-6-7-9-27(25)39-4)22(12-13-26(29)35-32)23-11-10-21(18-28(23)40-5)41-30(37)20-14-16-33-17-15-20/h6-18,34-35H,19H2,1-5H3. The third-order valence-corrected chi connectivity index (χ3v) is 7.06. The average Bonchev–Trinajstić information content (AvgIpc) is 2.99. The zero-order valence-corrected chi connectivity index (χ0v) is 23.6. The Hall–Kier alpha value is -5.05. The van der Waals surface area contributed by atoms with Crippen molar-refractivity contribution >= 4 is 28.9 Å². The number of nitrogens with one attached hydrogen (secondary N) is 2. The second-order valence-electron chi connectivity index (χ2n) is 10.1. The van der Waals surface area contributed by atoms with Gasteiger partial charge in [0.15, 0.2) is 0 Å². The lowest BCUT2D eigenvalue weighted by atomic mass is 9.91. The van der Waals surface area contributed by atoms with Gasteiger partial charge in [0.2, 0.25) is 0 Å². The van der Waals surface area contributed by atoms with Crippen molar-refractivity contribution in [3.05, 3.63) is 90.3 Å². The number of hydrogen-bond acceptors (Lipinski definition) is 8. The molecule has 0 atom stereocenters. The van der Waals surface area contributed by atoms with Crippen molar-refractivity contribution in [3.8, 4) is 28.4 Å². The average molecular weight is 553 g/mol. The Morgan fingerprint density at radius 1 is 0.951 bits per heavy atom. The molecule has 0 fully saturated rings. The van der Waals surface area contributed by atoms with Crippen molar-refractivity contribution in [2.45, 2.75) is 25.9 Å². The van der Waals surface area contributed by atoms with Crippen LogP contribution >= 0.6 is 0 Å². The van der Waals surface area contributed by atoms with Gasteiger partial charge in [0.25, 0.3) is 5.91 Å². The number of pyridine rings is 1. The molecule has 0 spiro atoms. The summed E-state index contributed by atoms with van der Waals surface area (Å²) < 4.78 is 16.9. The third-order valence-electron chi connectivity index (χ3n) is 7.06. The third kappa shape index (κ3) is 5.38. The monoisotopic (exact) mass is 552 g/mol. The van der Waals surface area contributed by atoms with Crippen molar-refractivity contribution in [2.75, 3.05) is 36.8 Å². The van der Waals surface area contributed by atoms with Crippen molar-refractivity contribution in [1.29, 1.82) is 0 Å². The molecule has 3 aromatic carbocycles. The van der Waals surface area contributed by atoms with E-state index in [1.807, 2.05) is 56.3 Å². The topological polar surface area (TPSA) is 102 Å². The molecule has 0 aliphatic carbocycles. The van der Waals surface area contributed by atoms with Gasteiger partial charge in [-0.3, -0.25) is 9.78 Å². The molecule has 41 heavy (non-hydrogen) atoms. The minimum Gasteiger partial charge on any atom is -0.496 e. The second kappa shape index (κ2) is 11.2. The maximum atomic E-state index is 13.3. The number of carbonyl (C=O) groups excluding carboxylic acids is 2. The number of para-hydroxylation sites is 2. The van der Waals surface area contributed by atoms with Crippen LogP contribution in [0.1, 0.15) is 29.8 Å². The fourth-order valence-electron chi connectivity index (χ4n) is 5.05. The number of amides is 1. The van der Waals surface area contributed by atoms with Gasteiger partial charge in [-0.25, -0.2) is 4.79 Å². The molecule has 1 amide bonds. The SMILES string of the molecule is COc1ccccc1NCc1c(-c2ccc(OC(=O)c3ccncc3)cc2OC)ccc2c1N(C)C(=O)C(C)(C)N2. The number of hydrogen-bond donors (Lipinski definition) is 2. The van der Waals surface area contributed by atoms with Gasteiger partial charge in [0.05, 0.1) is 36.8 Å². The van der Waals surface area contributed by atoms with E-state index in [1.165, 1.54) is 12.4 Å². The number of methoxy groups -OCH3 is 2. The molecule has 1 aliphatic rings. The summed E-state index contributed by atoms with van der Waals surface area (Å²) in [7, 11) is 4.99. The van der Waals surface area contributed by atoms with Crippen LogP contribution in [-0.4, -0.2) is 43.7 Å². The molecule has 2 N–H and O–H groups in total. The molecule has 4 aromatic rings. The normalized spacial score (nSPS) is 13.6. The molecule has 0 unspecified atom stereocenters. The van der Waals surface area contributed by atoms with Gasteiger partial charge in [-0.05, 0) is 61.9 Å². The van der Waals surface area contributed by atoms with Crippen LogP contribution < -0.4 is 29.7 Å². The highest BCUT2D eigenvalue weighted by Gasteiger charge is 2.38. The number of fused-ring (bicyclic) bond motifs is 1. The second-order valence-corrected chi connectivity index (χ2v) is 10.1. The summed E-state index contributed by atoms with van der Waals surface area (Å²) in [5.74, 6) is 1.02. The molecule has 1 aliphatic heterocycles. The number of carbonyl (C=O) groups is 2. The smallest absolute Gasteiger partial charge is 0.343 e. The molecule has 9 nitrogen and oxygen atoms in total. The van der Waals surface area contributed by atoms with E-state index in [0.29, 0.717) is 29.4 Å². The molecular formula is C32H32N4O5. The zero-order valence-electron chi connectivity index (χ0n) is 23.6. The first-order chi connectivity index (χ1) is 19.7. The number of anilines is 3. The van der Waals surface area contributed by atoms with E-state index < -0.39 is 11.5 Å². The number of ether oxygens (including phenoxy) is 3. The van der Waals surface area contributed by atoms with Gasteiger partial charge in [0.1, 0.15) is 22.8 Å². The number of rotatable bonds is 8. The van der Waals surface area contributed by atoms with Crippen molar-refractivity contribution in [3.63, 3.8) is 0 Å². The van der Waals surface area contributed by atoms with E-state index in [-0.39, 0.29) is 5.91 Å². The van der Waals surface area contributed by atoms with Crippen molar-refractivity contribution < 1.29 is 23.8 Å². The van der Waals surface area contributed by atoms with Crippen LogP contribution in [0.2, 0.25) is 0 Å². The van der Waals surface area contributed by atoms with Crippen LogP contribution in [0.4, 0.5) is 17.1 Å². The number of aromatic nitrogens is 1. The predicted molar refractivity (Wildman–Crippen MR) is 159 cm³/mol. The highest BCUT2D eigenvalue weighted by Crippen LogP contribution is 2.45. The van der Waals surface area contributed by atoms with E-state index in [4.69, 9.17) is 14.2 Å². The van der Waals surface area contributed by atoms with Gasteiger partial charge in [-0.1, -0.05) is 18.2 Å². The van der Waals surface area contributed by atoms with Gasteiger partial charge in [0, 0.05) is 43.2 Å². The highest BCUT2D eigenvalue weighted by atomic mass is 16.5. The van der Waals surface area contributed by atoms with Crippen LogP contribution in [0.25, 0.3) is 11.1 Å². The summed E-state index contributed by atoms with van der Waals surface area (Å²) in [6.07, 6.45) is 3.07. The van der Waals surface area contributed by atoms with Gasteiger partial charge in [-0.2, -0.15) is 0 Å². The summed E-state index contributed by atoms with van der Waals surface area (Å²) in [5, 5.41) is 6.88. The Morgan fingerprint density at radius 3 is 2.39 bits per heavy atom. The molecular weight excluding hydrogens is 520 g/mol. The van der Waals surface area contributed by atoms with E-state index in [9.17, 15) is 9.59 Å². The summed E-state index contributed by atoms with van der Waals surface area (Å²) in [6.45, 7) is 4.12. The Balaban J connectivity index is 1.58. The van der Waals surface area contributed by atoms with Crippen LogP contribution in [0, 0.1) is 0 Å². The molecule has 9 heteroatoms. The molecule has 5 rings (SSSR count). The molecule has 2 heterocycles. The molecule has 0 saturated heterocycles. The van der Waals surface area contributed by atoms with Crippen LogP contribution in [0.3, 0.4) is 0 Å². The molecule has 210 valence electrons. The maximum Gasteiger partial charge on any atom is 0.343 e. The first kappa shape index (κ1) is 27.5. The summed E-state index contributed by atoms with van der Waals surface area (Å²) in [6, 6.07) is 20.1. The highest BCUT2D eigenvalue weighted by molar-refractivity contribution is 6.09. The number of likely N-dealkylation sites (N-methyl/N-ethyl adjacent to an activating group) is 1. The molecule has 0 bridgehead atoms. The predicted octanol–water partition coefficient (Wildman–Crippen LogP) is 5.76. The summed E-state index contributed by atoms with van der Waals surface area (Å²) in [4.78, 5) is 31.6. The molecule has 0 saturated carbocycles. The van der Waals surface area contributed by atoms with Gasteiger partial charge in [-0.15, -0.1) is 0 Å². The molecule has 0 radical (unpaired) electrons. The van der Waals surface area contributed by atoms with E-state index >= 15 is 0 Å². The Bertz CT molecular complexity index is 1600. The summed E-state index contributed by atoms with van der Waals surface area (Å²) in [5.41, 5.74) is 4.59. The minimum absolute atomic E-state index is 0.0500. The van der Waals surface area contributed by atoms with Crippen molar-refractivity contribution in [1.82, 2.24) is 4.98 Å². The van der Waals surface area contributed by atoms with Crippen LogP contribution in [0.15, 0.2) is 79.1 Å². The lowest BCUT2D eigenvalue weighted by Crippen LogP contribution is -2.52. The fourth-order valence-corrected chi connectivity index (χ4v) is 5.05. The number of benzene rings is 3. The van der Waals surface area contributed by atoms with Crippen LogP contribution in [-0.2, 0) is 11.3 Å². The Kier molecular flexibility index (Phi) is 7.52. The Labute approximate surface area is 239 Å². The van der Waals surface area contributed by atoms with Crippen LogP contribution in [0.5, 0.6) is 17.2 Å². The summed E-state index contributed by atoms with van der Waals surface area (Å²) >= 11 is 0. The van der Waals surface area contributed by atoms with E-state index in [0.717, 1.165) is 33.8 Å². The van der Waals surface area contributed by atoms with E-state index in [2.05, 4.69) is 15.6 Å². The fraction of sp³-hybridized carbons (Fsp3) is 0.219. The van der Waals surface area contributed by atoms with Gasteiger partial charge < -0.3 is 29.7 Å². The molecule has 1 aromatic heterocycles. The van der Waals surface area contributed by atoms with Crippen molar-refractivity contribution in [2.24, 2.45) is 0 Å². The lowest BCUT2D eigenvalue weighted by Gasteiger charge is -2.40. The minimum atomic E-state index is -0.755. The number of esters is 1. The zero-order chi connectivity index (χ0) is 29.1. The number of nitrogens with zero attached hydrogens (tertiary/aromatic N) is 2. The first-order valence-electron chi connectivity index (χ1n) is 13.1. The first-order valence-corrected chi connectivity index (χ1v) is 13.1. The lowest BCUT2D eigenvalue weighted by molar-refractivity contribution is -0.121. The quantitative estimate of drug-likeness (QED) is 0.210. The largest absolute Gasteiger partial charge is 0.496 e. The maximum absolute atomic E-state index is 13.3. The van der Waals surface area contributed by atoms with Gasteiger partial charge >= 0.3 is 5.97 Å². The van der Waals surface area contributed by atoms with E-state index in [1.54, 1.807) is 50.4 Å². The Morgan fingerprint density at radius 2 is 1.66 bits per heavy atom.